The van der Waals surface area contributed by atoms with Crippen LogP contribution in [0.1, 0.15) is 5.82 Å². The molecule has 0 fully saturated rings. The van der Waals surface area contributed by atoms with Crippen LogP contribution in [0.15, 0.2) is 53.7 Å². The second-order valence-electron chi connectivity index (χ2n) is 6.20. The number of nitrogens with zero attached hydrogens (tertiary/aromatic N) is 6. The van der Waals surface area contributed by atoms with Crippen LogP contribution in [-0.4, -0.2) is 50.1 Å². The summed E-state index contributed by atoms with van der Waals surface area (Å²) >= 11 is 1.51. The summed E-state index contributed by atoms with van der Waals surface area (Å²) in [5.74, 6) is 1.15. The molecular weight excluding hydrogens is 414 g/mol. The van der Waals surface area contributed by atoms with Gasteiger partial charge in [0.15, 0.2) is 11.0 Å². The van der Waals surface area contributed by atoms with Crippen molar-refractivity contribution < 1.29 is 18.3 Å². The summed E-state index contributed by atoms with van der Waals surface area (Å²) < 4.78 is 37.9. The Morgan fingerprint density at radius 3 is 2.67 bits per heavy atom. The summed E-state index contributed by atoms with van der Waals surface area (Å²) in [6.07, 6.45) is 0. The van der Waals surface area contributed by atoms with Gasteiger partial charge in [-0.3, -0.25) is 0 Å². The second kappa shape index (κ2) is 9.18. The van der Waals surface area contributed by atoms with Crippen LogP contribution in [0.3, 0.4) is 0 Å². The van der Waals surface area contributed by atoms with Crippen LogP contribution in [0.5, 0.6) is 5.75 Å². The summed E-state index contributed by atoms with van der Waals surface area (Å²) in [5, 5.41) is 12.7. The van der Waals surface area contributed by atoms with Crippen LogP contribution in [0.25, 0.3) is 16.7 Å². The third-order valence-electron chi connectivity index (χ3n) is 4.31. The van der Waals surface area contributed by atoms with E-state index in [1.165, 1.54) is 23.9 Å². The fourth-order valence-corrected chi connectivity index (χ4v) is 3.90. The van der Waals surface area contributed by atoms with E-state index in [4.69, 9.17) is 9.72 Å². The van der Waals surface area contributed by atoms with Gasteiger partial charge < -0.3 is 14.0 Å². The number of alkyl halides is 2. The molecule has 0 amide bonds. The molecule has 0 bridgehead atoms. The van der Waals surface area contributed by atoms with E-state index >= 15 is 0 Å². The lowest BCUT2D eigenvalue weighted by Crippen LogP contribution is -2.06. The van der Waals surface area contributed by atoms with Crippen molar-refractivity contribution in [2.24, 2.45) is 0 Å². The lowest BCUT2D eigenvalue weighted by Gasteiger charge is -2.09. The molecule has 11 heteroatoms. The quantitative estimate of drug-likeness (QED) is 0.374. The van der Waals surface area contributed by atoms with E-state index in [1.54, 1.807) is 23.9 Å². The maximum atomic E-state index is 12.3. The van der Waals surface area contributed by atoms with Crippen LogP contribution in [0.4, 0.5) is 8.78 Å². The SMILES string of the molecule is COCCn1c(SCc2nnnn2-c2ccc(OC(F)F)cc2)nc2ccccc21. The first-order valence-electron chi connectivity index (χ1n) is 9.05. The van der Waals surface area contributed by atoms with Gasteiger partial charge >= 0.3 is 6.61 Å². The highest BCUT2D eigenvalue weighted by molar-refractivity contribution is 7.98. The van der Waals surface area contributed by atoms with E-state index in [0.29, 0.717) is 30.4 Å². The number of hydrogen-bond acceptors (Lipinski definition) is 7. The van der Waals surface area contributed by atoms with Gasteiger partial charge in [0.25, 0.3) is 0 Å². The molecule has 2 aromatic heterocycles. The van der Waals surface area contributed by atoms with Gasteiger partial charge in [0, 0.05) is 13.7 Å². The predicted octanol–water partition coefficient (Wildman–Crippen LogP) is 3.55. The van der Waals surface area contributed by atoms with Crippen LogP contribution in [-0.2, 0) is 17.0 Å². The number of para-hydroxylation sites is 2. The van der Waals surface area contributed by atoms with Crippen molar-refractivity contribution in [3.8, 4) is 11.4 Å². The Morgan fingerprint density at radius 1 is 1.10 bits per heavy atom. The summed E-state index contributed by atoms with van der Waals surface area (Å²) in [7, 11) is 1.66. The number of aromatic nitrogens is 6. The molecule has 0 saturated heterocycles. The van der Waals surface area contributed by atoms with Gasteiger partial charge in [-0.15, -0.1) is 5.10 Å². The molecular formula is C19H18F2N6O2S. The van der Waals surface area contributed by atoms with Crippen molar-refractivity contribution in [1.82, 2.24) is 29.8 Å². The van der Waals surface area contributed by atoms with Gasteiger partial charge in [-0.1, -0.05) is 23.9 Å². The molecule has 0 atom stereocenters. The molecule has 8 nitrogen and oxygen atoms in total. The second-order valence-corrected chi connectivity index (χ2v) is 7.14. The van der Waals surface area contributed by atoms with Gasteiger partial charge in [0.05, 0.1) is 29.1 Å². The zero-order chi connectivity index (χ0) is 20.9. The lowest BCUT2D eigenvalue weighted by molar-refractivity contribution is -0.0498. The molecule has 0 spiro atoms. The number of halogens is 2. The fourth-order valence-electron chi connectivity index (χ4n) is 2.96. The van der Waals surface area contributed by atoms with Crippen molar-refractivity contribution in [2.45, 2.75) is 24.1 Å². The highest BCUT2D eigenvalue weighted by Gasteiger charge is 2.15. The minimum atomic E-state index is -2.87. The Bertz CT molecular complexity index is 1120. The molecule has 2 aromatic carbocycles. The molecule has 0 unspecified atom stereocenters. The van der Waals surface area contributed by atoms with Crippen molar-refractivity contribution in [2.75, 3.05) is 13.7 Å². The maximum absolute atomic E-state index is 12.3. The number of methoxy groups -OCH3 is 1. The normalized spacial score (nSPS) is 11.5. The third kappa shape index (κ3) is 4.41. The Morgan fingerprint density at radius 2 is 1.90 bits per heavy atom. The number of tetrazole rings is 1. The minimum absolute atomic E-state index is 0.0737. The van der Waals surface area contributed by atoms with Crippen molar-refractivity contribution in [3.05, 3.63) is 54.4 Å². The van der Waals surface area contributed by atoms with Crippen molar-refractivity contribution in [3.63, 3.8) is 0 Å². The first-order valence-corrected chi connectivity index (χ1v) is 10.0. The molecule has 0 radical (unpaired) electrons. The highest BCUT2D eigenvalue weighted by Crippen LogP contribution is 2.27. The Hall–Kier alpha value is -3.05. The topological polar surface area (TPSA) is 79.9 Å². The van der Waals surface area contributed by atoms with E-state index in [2.05, 4.69) is 24.8 Å². The molecule has 2 heterocycles. The zero-order valence-electron chi connectivity index (χ0n) is 16.0. The molecule has 0 aliphatic heterocycles. The first-order chi connectivity index (χ1) is 14.7. The summed E-state index contributed by atoms with van der Waals surface area (Å²) in [5.41, 5.74) is 2.58. The number of rotatable bonds is 9. The highest BCUT2D eigenvalue weighted by atomic mass is 32.2. The van der Waals surface area contributed by atoms with E-state index in [-0.39, 0.29) is 5.75 Å². The molecule has 0 saturated carbocycles. The van der Waals surface area contributed by atoms with Gasteiger partial charge in [-0.25, -0.2) is 4.98 Å². The van der Waals surface area contributed by atoms with Crippen molar-refractivity contribution >= 4 is 22.8 Å². The number of fused-ring (bicyclic) bond motifs is 1. The Balaban J connectivity index is 1.54. The third-order valence-corrected chi connectivity index (χ3v) is 5.28. The van der Waals surface area contributed by atoms with Crippen molar-refractivity contribution in [1.29, 1.82) is 0 Å². The smallest absolute Gasteiger partial charge is 0.387 e. The molecule has 30 heavy (non-hydrogen) atoms. The van der Waals surface area contributed by atoms with Gasteiger partial charge in [0.1, 0.15) is 5.75 Å². The summed E-state index contributed by atoms with van der Waals surface area (Å²) in [6.45, 7) is -1.62. The average molecular weight is 432 g/mol. The monoisotopic (exact) mass is 432 g/mol. The first kappa shape index (κ1) is 20.2. The standard InChI is InChI=1S/C19H18F2N6O2S/c1-28-11-10-26-16-5-3-2-4-15(16)22-19(26)30-12-17-23-24-25-27(17)13-6-8-14(9-7-13)29-18(20)21/h2-9,18H,10-12H2,1H3. The maximum Gasteiger partial charge on any atom is 0.387 e. The molecule has 4 aromatic rings. The molecule has 4 rings (SSSR count). The average Bonchev–Trinajstić information content (AvgIpc) is 3.35. The number of ether oxygens (including phenoxy) is 2. The largest absolute Gasteiger partial charge is 0.435 e. The molecule has 0 N–H and O–H groups in total. The minimum Gasteiger partial charge on any atom is -0.435 e. The van der Waals surface area contributed by atoms with Gasteiger partial charge in [-0.05, 0) is 46.8 Å². The number of imidazole rings is 1. The molecule has 0 aliphatic rings. The van der Waals surface area contributed by atoms with Crippen LogP contribution in [0, 0.1) is 0 Å². The lowest BCUT2D eigenvalue weighted by atomic mass is 10.3. The van der Waals surface area contributed by atoms with E-state index in [1.807, 2.05) is 24.3 Å². The van der Waals surface area contributed by atoms with Gasteiger partial charge in [-0.2, -0.15) is 13.5 Å². The van der Waals surface area contributed by atoms with Crippen LogP contribution in [0.2, 0.25) is 0 Å². The molecule has 156 valence electrons. The Kier molecular flexibility index (Phi) is 6.19. The van der Waals surface area contributed by atoms with E-state index in [9.17, 15) is 8.78 Å². The van der Waals surface area contributed by atoms with E-state index < -0.39 is 6.61 Å². The predicted molar refractivity (Wildman–Crippen MR) is 107 cm³/mol. The van der Waals surface area contributed by atoms with Gasteiger partial charge in [0.2, 0.25) is 0 Å². The van der Waals surface area contributed by atoms with Crippen LogP contribution >= 0.6 is 11.8 Å². The van der Waals surface area contributed by atoms with E-state index in [0.717, 1.165) is 16.2 Å². The Labute approximate surface area is 174 Å². The summed E-state index contributed by atoms with van der Waals surface area (Å²) in [4.78, 5) is 4.71. The zero-order valence-corrected chi connectivity index (χ0v) is 16.8. The number of benzene rings is 2. The van der Waals surface area contributed by atoms with Crippen LogP contribution < -0.4 is 4.74 Å². The number of hydrogen-bond donors (Lipinski definition) is 0. The fraction of sp³-hybridized carbons (Fsp3) is 0.263. The number of thioether (sulfide) groups is 1. The summed E-state index contributed by atoms with van der Waals surface area (Å²) in [6, 6.07) is 14.1. The molecule has 0 aliphatic carbocycles.